The van der Waals surface area contributed by atoms with Crippen molar-refractivity contribution in [3.05, 3.63) is 92.3 Å². The van der Waals surface area contributed by atoms with E-state index in [2.05, 4.69) is 5.10 Å². The maximum absolute atomic E-state index is 12.5. The molecule has 25 heavy (non-hydrogen) atoms. The van der Waals surface area contributed by atoms with Crippen LogP contribution in [0.5, 0.6) is 0 Å². The average molecular weight is 374 g/mol. The monoisotopic (exact) mass is 373 g/mol. The number of hydrogen-bond donors (Lipinski definition) is 0. The van der Waals surface area contributed by atoms with Crippen LogP contribution in [-0.4, -0.2) is 16.8 Å². The summed E-state index contributed by atoms with van der Waals surface area (Å²) in [6.45, 7) is 0.914. The minimum absolute atomic E-state index is 0.153. The van der Waals surface area contributed by atoms with Gasteiger partial charge in [0, 0.05) is 18.6 Å². The van der Waals surface area contributed by atoms with Crippen molar-refractivity contribution in [3.8, 4) is 0 Å². The SMILES string of the molecule is CN(Cc1ccccc1Cl)c1cnn(Cc2ccccc2)c(=O)c1Cl. The Morgan fingerprint density at radius 3 is 2.44 bits per heavy atom. The van der Waals surface area contributed by atoms with Crippen molar-refractivity contribution in [3.63, 3.8) is 0 Å². The molecule has 1 heterocycles. The third kappa shape index (κ3) is 4.03. The summed E-state index contributed by atoms with van der Waals surface area (Å²) >= 11 is 12.5. The molecule has 0 amide bonds. The van der Waals surface area contributed by atoms with Gasteiger partial charge in [-0.2, -0.15) is 5.10 Å². The highest BCUT2D eigenvalue weighted by Crippen LogP contribution is 2.24. The van der Waals surface area contributed by atoms with Crippen molar-refractivity contribution in [2.24, 2.45) is 0 Å². The van der Waals surface area contributed by atoms with Crippen LogP contribution in [0.1, 0.15) is 11.1 Å². The van der Waals surface area contributed by atoms with Crippen molar-refractivity contribution < 1.29 is 0 Å². The molecule has 3 rings (SSSR count). The molecule has 0 atom stereocenters. The molecule has 4 nitrogen and oxygen atoms in total. The maximum atomic E-state index is 12.5. The molecule has 0 aliphatic heterocycles. The van der Waals surface area contributed by atoms with Crippen LogP contribution < -0.4 is 10.5 Å². The topological polar surface area (TPSA) is 38.1 Å². The summed E-state index contributed by atoms with van der Waals surface area (Å²) in [6, 6.07) is 17.2. The van der Waals surface area contributed by atoms with Crippen molar-refractivity contribution >= 4 is 28.9 Å². The third-order valence-corrected chi connectivity index (χ3v) is 4.64. The minimum Gasteiger partial charge on any atom is -0.368 e. The number of hydrogen-bond acceptors (Lipinski definition) is 3. The van der Waals surface area contributed by atoms with E-state index in [9.17, 15) is 4.79 Å². The Labute approximate surface area is 156 Å². The summed E-state index contributed by atoms with van der Waals surface area (Å²) in [5, 5.41) is 5.09. The lowest BCUT2D eigenvalue weighted by atomic mass is 10.2. The van der Waals surface area contributed by atoms with E-state index in [4.69, 9.17) is 23.2 Å². The van der Waals surface area contributed by atoms with Crippen LogP contribution in [0.3, 0.4) is 0 Å². The highest BCUT2D eigenvalue weighted by molar-refractivity contribution is 6.33. The highest BCUT2D eigenvalue weighted by Gasteiger charge is 2.14. The van der Waals surface area contributed by atoms with Crippen LogP contribution >= 0.6 is 23.2 Å². The number of nitrogens with zero attached hydrogens (tertiary/aromatic N) is 3. The van der Waals surface area contributed by atoms with Gasteiger partial charge in [0.2, 0.25) is 0 Å². The molecular weight excluding hydrogens is 357 g/mol. The van der Waals surface area contributed by atoms with Gasteiger partial charge in [0.25, 0.3) is 5.56 Å². The number of rotatable bonds is 5. The van der Waals surface area contributed by atoms with Crippen LogP contribution in [-0.2, 0) is 13.1 Å². The minimum atomic E-state index is -0.311. The lowest BCUT2D eigenvalue weighted by Gasteiger charge is -2.21. The van der Waals surface area contributed by atoms with Crippen LogP contribution in [0, 0.1) is 0 Å². The van der Waals surface area contributed by atoms with E-state index in [0.717, 1.165) is 11.1 Å². The van der Waals surface area contributed by atoms with Gasteiger partial charge in [-0.15, -0.1) is 0 Å². The number of aromatic nitrogens is 2. The molecule has 2 aromatic carbocycles. The van der Waals surface area contributed by atoms with Gasteiger partial charge in [-0.25, -0.2) is 4.68 Å². The summed E-state index contributed by atoms with van der Waals surface area (Å²) < 4.78 is 1.37. The normalized spacial score (nSPS) is 10.7. The Morgan fingerprint density at radius 2 is 1.72 bits per heavy atom. The van der Waals surface area contributed by atoms with Crippen molar-refractivity contribution in [1.82, 2.24) is 9.78 Å². The van der Waals surface area contributed by atoms with E-state index in [0.29, 0.717) is 23.8 Å². The van der Waals surface area contributed by atoms with Crippen molar-refractivity contribution in [2.75, 3.05) is 11.9 Å². The van der Waals surface area contributed by atoms with Gasteiger partial charge >= 0.3 is 0 Å². The summed E-state index contributed by atoms with van der Waals surface area (Å²) in [5.41, 5.74) is 2.21. The zero-order valence-corrected chi connectivity index (χ0v) is 15.2. The second-order valence-corrected chi connectivity index (χ2v) is 6.52. The molecule has 0 N–H and O–H groups in total. The quantitative estimate of drug-likeness (QED) is 0.671. The molecule has 0 fully saturated rings. The fourth-order valence-electron chi connectivity index (χ4n) is 2.56. The zero-order valence-electron chi connectivity index (χ0n) is 13.7. The Morgan fingerprint density at radius 1 is 1.04 bits per heavy atom. The summed E-state index contributed by atoms with van der Waals surface area (Å²) in [5.74, 6) is 0. The van der Waals surface area contributed by atoms with E-state index in [1.54, 1.807) is 6.20 Å². The van der Waals surface area contributed by atoms with E-state index >= 15 is 0 Å². The largest absolute Gasteiger partial charge is 0.368 e. The molecule has 3 aromatic rings. The highest BCUT2D eigenvalue weighted by atomic mass is 35.5. The van der Waals surface area contributed by atoms with Crippen LogP contribution in [0.25, 0.3) is 0 Å². The molecule has 1 aromatic heterocycles. The molecule has 0 aliphatic carbocycles. The number of benzene rings is 2. The molecule has 0 radical (unpaired) electrons. The van der Waals surface area contributed by atoms with E-state index in [1.165, 1.54) is 4.68 Å². The van der Waals surface area contributed by atoms with Crippen molar-refractivity contribution in [1.29, 1.82) is 0 Å². The Bertz CT molecular complexity index is 925. The third-order valence-electron chi connectivity index (χ3n) is 3.92. The Balaban J connectivity index is 1.85. The van der Waals surface area contributed by atoms with Crippen molar-refractivity contribution in [2.45, 2.75) is 13.1 Å². The van der Waals surface area contributed by atoms with Crippen LogP contribution in [0.4, 0.5) is 5.69 Å². The molecule has 6 heteroatoms. The second-order valence-electron chi connectivity index (χ2n) is 5.74. The lowest BCUT2D eigenvalue weighted by molar-refractivity contribution is 0.637. The summed E-state index contributed by atoms with van der Waals surface area (Å²) in [6.07, 6.45) is 1.61. The van der Waals surface area contributed by atoms with Gasteiger partial charge in [-0.3, -0.25) is 4.79 Å². The maximum Gasteiger partial charge on any atom is 0.287 e. The molecular formula is C19H17Cl2N3O. The molecule has 128 valence electrons. The first-order valence-corrected chi connectivity index (χ1v) is 8.56. The molecule has 0 unspecified atom stereocenters. The lowest BCUT2D eigenvalue weighted by Crippen LogP contribution is -2.27. The average Bonchev–Trinajstić information content (AvgIpc) is 2.62. The summed E-state index contributed by atoms with van der Waals surface area (Å²) in [4.78, 5) is 14.4. The first-order chi connectivity index (χ1) is 12.1. The predicted molar refractivity (Wildman–Crippen MR) is 103 cm³/mol. The molecule has 0 saturated carbocycles. The predicted octanol–water partition coefficient (Wildman–Crippen LogP) is 4.23. The van der Waals surface area contributed by atoms with Gasteiger partial charge in [0.15, 0.2) is 0 Å². The zero-order chi connectivity index (χ0) is 17.8. The molecule has 0 bridgehead atoms. The van der Waals surface area contributed by atoms with Gasteiger partial charge in [-0.05, 0) is 17.2 Å². The number of halogens is 2. The van der Waals surface area contributed by atoms with Gasteiger partial charge < -0.3 is 4.90 Å². The molecule has 0 saturated heterocycles. The fourth-order valence-corrected chi connectivity index (χ4v) is 3.04. The van der Waals surface area contributed by atoms with Gasteiger partial charge in [0.05, 0.1) is 18.4 Å². The Hall–Kier alpha value is -2.30. The fraction of sp³-hybridized carbons (Fsp3) is 0.158. The second kappa shape index (κ2) is 7.72. The van der Waals surface area contributed by atoms with E-state index < -0.39 is 0 Å². The van der Waals surface area contributed by atoms with E-state index in [-0.39, 0.29) is 10.6 Å². The first-order valence-electron chi connectivity index (χ1n) is 7.80. The van der Waals surface area contributed by atoms with Gasteiger partial charge in [-0.1, -0.05) is 71.7 Å². The first kappa shape index (κ1) is 17.5. The van der Waals surface area contributed by atoms with E-state index in [1.807, 2.05) is 66.5 Å². The number of anilines is 1. The molecule has 0 spiro atoms. The molecule has 0 aliphatic rings. The van der Waals surface area contributed by atoms with Crippen LogP contribution in [0.15, 0.2) is 65.6 Å². The standard InChI is InChI=1S/C19H17Cl2N3O/c1-23(13-15-9-5-6-10-16(15)20)17-11-22-24(19(25)18(17)21)12-14-7-3-2-4-8-14/h2-11H,12-13H2,1H3. The Kier molecular flexibility index (Phi) is 5.41. The summed E-state index contributed by atoms with van der Waals surface area (Å²) in [7, 11) is 1.85. The smallest absolute Gasteiger partial charge is 0.287 e. The van der Waals surface area contributed by atoms with Gasteiger partial charge in [0.1, 0.15) is 5.02 Å². The van der Waals surface area contributed by atoms with Crippen LogP contribution in [0.2, 0.25) is 10.0 Å².